The zero-order valence-corrected chi connectivity index (χ0v) is 12.5. The summed E-state index contributed by atoms with van der Waals surface area (Å²) in [7, 11) is 2.11. The van der Waals surface area contributed by atoms with E-state index in [1.807, 2.05) is 12.4 Å². The molecule has 2 fully saturated rings. The lowest BCUT2D eigenvalue weighted by Crippen LogP contribution is -2.38. The number of aromatic nitrogens is 1. The highest BCUT2D eigenvalue weighted by atomic mass is 79.9. The molecule has 3 rings (SSSR count). The predicted octanol–water partition coefficient (Wildman–Crippen LogP) is 3.41. The molecule has 4 unspecified atom stereocenters. The van der Waals surface area contributed by atoms with Crippen LogP contribution in [0.2, 0.25) is 0 Å². The minimum absolute atomic E-state index is 0.622. The predicted molar refractivity (Wildman–Crippen MR) is 77.4 cm³/mol. The first kappa shape index (κ1) is 12.6. The van der Waals surface area contributed by atoms with Crippen molar-refractivity contribution >= 4 is 15.9 Å². The Morgan fingerprint density at radius 1 is 1.39 bits per heavy atom. The molecule has 18 heavy (non-hydrogen) atoms. The molecule has 0 aromatic carbocycles. The molecule has 98 valence electrons. The summed E-state index contributed by atoms with van der Waals surface area (Å²) in [6.45, 7) is 0. The molecule has 2 nitrogen and oxygen atoms in total. The van der Waals surface area contributed by atoms with Gasteiger partial charge in [-0.15, -0.1) is 0 Å². The standard InChI is InChI=1S/C15H21BrN2/c1-17-15(7-11-5-13(16)9-18-8-11)14-6-10-2-3-12(14)4-10/h5,8-10,12,14-15,17H,2-4,6-7H2,1H3. The first-order valence-electron chi connectivity index (χ1n) is 7.03. The van der Waals surface area contributed by atoms with Crippen LogP contribution in [-0.4, -0.2) is 18.1 Å². The zero-order chi connectivity index (χ0) is 12.5. The van der Waals surface area contributed by atoms with Gasteiger partial charge in [-0.05, 0) is 78.0 Å². The van der Waals surface area contributed by atoms with Crippen molar-refractivity contribution in [3.8, 4) is 0 Å². The maximum atomic E-state index is 4.27. The smallest absolute Gasteiger partial charge is 0.0410 e. The van der Waals surface area contributed by atoms with Crippen LogP contribution in [0.25, 0.3) is 0 Å². The average molecular weight is 309 g/mol. The highest BCUT2D eigenvalue weighted by Crippen LogP contribution is 2.49. The molecule has 1 N–H and O–H groups in total. The molecule has 0 spiro atoms. The molecule has 0 aliphatic heterocycles. The van der Waals surface area contributed by atoms with E-state index in [2.05, 4.69) is 39.3 Å². The van der Waals surface area contributed by atoms with Gasteiger partial charge in [-0.25, -0.2) is 0 Å². The Balaban J connectivity index is 1.69. The van der Waals surface area contributed by atoms with Gasteiger partial charge in [-0.2, -0.15) is 0 Å². The number of halogens is 1. The van der Waals surface area contributed by atoms with Gasteiger partial charge >= 0.3 is 0 Å². The lowest BCUT2D eigenvalue weighted by molar-refractivity contribution is 0.255. The second kappa shape index (κ2) is 5.30. The molecule has 1 aromatic heterocycles. The van der Waals surface area contributed by atoms with Gasteiger partial charge in [0.25, 0.3) is 0 Å². The van der Waals surface area contributed by atoms with Crippen LogP contribution >= 0.6 is 15.9 Å². The third kappa shape index (κ3) is 2.48. The van der Waals surface area contributed by atoms with Gasteiger partial charge in [-0.3, -0.25) is 4.98 Å². The van der Waals surface area contributed by atoms with E-state index in [9.17, 15) is 0 Å². The fourth-order valence-corrected chi connectivity index (χ4v) is 4.49. The summed E-state index contributed by atoms with van der Waals surface area (Å²) in [6, 6.07) is 2.82. The summed E-state index contributed by atoms with van der Waals surface area (Å²) in [5.74, 6) is 2.89. The summed E-state index contributed by atoms with van der Waals surface area (Å²) in [5.41, 5.74) is 1.34. The molecule has 2 saturated carbocycles. The lowest BCUT2D eigenvalue weighted by Gasteiger charge is -2.30. The fourth-order valence-electron chi connectivity index (χ4n) is 4.08. The van der Waals surface area contributed by atoms with E-state index in [1.54, 1.807) is 0 Å². The van der Waals surface area contributed by atoms with Crippen molar-refractivity contribution < 1.29 is 0 Å². The monoisotopic (exact) mass is 308 g/mol. The highest BCUT2D eigenvalue weighted by Gasteiger charge is 2.42. The van der Waals surface area contributed by atoms with Crippen LogP contribution in [0.1, 0.15) is 31.2 Å². The summed E-state index contributed by atoms with van der Waals surface area (Å²) in [5, 5.41) is 3.55. The Bertz CT molecular complexity index is 421. The van der Waals surface area contributed by atoms with Crippen molar-refractivity contribution in [2.45, 2.75) is 38.1 Å². The average Bonchev–Trinajstić information content (AvgIpc) is 2.98. The Morgan fingerprint density at radius 2 is 2.28 bits per heavy atom. The number of nitrogens with one attached hydrogen (secondary N) is 1. The molecule has 4 atom stereocenters. The van der Waals surface area contributed by atoms with E-state index < -0.39 is 0 Å². The van der Waals surface area contributed by atoms with E-state index >= 15 is 0 Å². The van der Waals surface area contributed by atoms with E-state index in [-0.39, 0.29) is 0 Å². The van der Waals surface area contributed by atoms with Crippen LogP contribution < -0.4 is 5.32 Å². The van der Waals surface area contributed by atoms with Crippen molar-refractivity contribution in [3.05, 3.63) is 28.5 Å². The Hall–Kier alpha value is -0.410. The molecule has 2 aliphatic carbocycles. The van der Waals surface area contributed by atoms with Gasteiger partial charge in [0.2, 0.25) is 0 Å². The second-order valence-corrected chi connectivity index (χ2v) is 6.87. The van der Waals surface area contributed by atoms with Crippen LogP contribution in [0, 0.1) is 17.8 Å². The number of likely N-dealkylation sites (N-methyl/N-ethyl adjacent to an activating group) is 1. The minimum Gasteiger partial charge on any atom is -0.316 e. The summed E-state index contributed by atoms with van der Waals surface area (Å²) >= 11 is 3.51. The second-order valence-electron chi connectivity index (χ2n) is 5.95. The Labute approximate surface area is 118 Å². The van der Waals surface area contributed by atoms with Crippen LogP contribution in [0.3, 0.4) is 0 Å². The van der Waals surface area contributed by atoms with Crippen LogP contribution in [0.5, 0.6) is 0 Å². The minimum atomic E-state index is 0.622. The molecular formula is C15H21BrN2. The zero-order valence-electron chi connectivity index (χ0n) is 10.9. The van der Waals surface area contributed by atoms with Gasteiger partial charge in [0.1, 0.15) is 0 Å². The van der Waals surface area contributed by atoms with Gasteiger partial charge < -0.3 is 5.32 Å². The van der Waals surface area contributed by atoms with Crippen molar-refractivity contribution in [1.29, 1.82) is 0 Å². The first-order valence-corrected chi connectivity index (χ1v) is 7.82. The molecule has 2 aliphatic rings. The highest BCUT2D eigenvalue weighted by molar-refractivity contribution is 9.10. The van der Waals surface area contributed by atoms with Gasteiger partial charge in [-0.1, -0.05) is 6.42 Å². The Kier molecular flexibility index (Phi) is 3.71. The number of nitrogens with zero attached hydrogens (tertiary/aromatic N) is 1. The summed E-state index contributed by atoms with van der Waals surface area (Å²) in [4.78, 5) is 4.27. The van der Waals surface area contributed by atoms with Gasteiger partial charge in [0.15, 0.2) is 0 Å². The largest absolute Gasteiger partial charge is 0.316 e. The third-order valence-electron chi connectivity index (χ3n) is 4.90. The van der Waals surface area contributed by atoms with Crippen LogP contribution in [-0.2, 0) is 6.42 Å². The van der Waals surface area contributed by atoms with Crippen LogP contribution in [0.15, 0.2) is 22.9 Å². The molecular weight excluding hydrogens is 288 g/mol. The van der Waals surface area contributed by atoms with Crippen molar-refractivity contribution in [2.75, 3.05) is 7.05 Å². The van der Waals surface area contributed by atoms with Crippen LogP contribution in [0.4, 0.5) is 0 Å². The van der Waals surface area contributed by atoms with Gasteiger partial charge in [0.05, 0.1) is 0 Å². The Morgan fingerprint density at radius 3 is 2.89 bits per heavy atom. The topological polar surface area (TPSA) is 24.9 Å². The van der Waals surface area contributed by atoms with E-state index in [4.69, 9.17) is 0 Å². The van der Waals surface area contributed by atoms with Crippen molar-refractivity contribution in [1.82, 2.24) is 10.3 Å². The maximum absolute atomic E-state index is 4.27. The number of fused-ring (bicyclic) bond motifs is 2. The maximum Gasteiger partial charge on any atom is 0.0410 e. The number of rotatable bonds is 4. The van der Waals surface area contributed by atoms with E-state index in [0.717, 1.165) is 28.6 Å². The molecule has 1 heterocycles. The van der Waals surface area contributed by atoms with Gasteiger partial charge in [0, 0.05) is 22.9 Å². The normalized spacial score (nSPS) is 31.8. The third-order valence-corrected chi connectivity index (χ3v) is 5.33. The molecule has 1 aromatic rings. The fraction of sp³-hybridized carbons (Fsp3) is 0.667. The summed E-state index contributed by atoms with van der Waals surface area (Å²) in [6.07, 6.45) is 10.8. The molecule has 3 heteroatoms. The quantitative estimate of drug-likeness (QED) is 0.922. The van der Waals surface area contributed by atoms with Crippen molar-refractivity contribution in [3.63, 3.8) is 0 Å². The molecule has 0 saturated heterocycles. The SMILES string of the molecule is CNC(Cc1cncc(Br)c1)C1CC2CCC1C2. The molecule has 2 bridgehead atoms. The lowest BCUT2D eigenvalue weighted by atomic mass is 9.81. The first-order chi connectivity index (χ1) is 8.76. The summed E-state index contributed by atoms with van der Waals surface area (Å²) < 4.78 is 1.09. The van der Waals surface area contributed by atoms with Crippen molar-refractivity contribution in [2.24, 2.45) is 17.8 Å². The number of pyridine rings is 1. The number of hydrogen-bond acceptors (Lipinski definition) is 2. The van der Waals surface area contributed by atoms with E-state index in [0.29, 0.717) is 6.04 Å². The molecule has 0 radical (unpaired) electrons. The van der Waals surface area contributed by atoms with E-state index in [1.165, 1.54) is 31.2 Å². The molecule has 0 amide bonds. The number of hydrogen-bond donors (Lipinski definition) is 1.